The van der Waals surface area contributed by atoms with Gasteiger partial charge in [0.1, 0.15) is 5.75 Å². The van der Waals surface area contributed by atoms with E-state index in [2.05, 4.69) is 5.32 Å². The van der Waals surface area contributed by atoms with E-state index in [1.807, 2.05) is 24.3 Å². The summed E-state index contributed by atoms with van der Waals surface area (Å²) in [6.45, 7) is 0.372. The van der Waals surface area contributed by atoms with E-state index in [1.54, 1.807) is 25.3 Å². The summed E-state index contributed by atoms with van der Waals surface area (Å²) in [6.07, 6.45) is 0. The van der Waals surface area contributed by atoms with E-state index in [-0.39, 0.29) is 5.91 Å². The van der Waals surface area contributed by atoms with Gasteiger partial charge in [0.2, 0.25) is 5.91 Å². The van der Waals surface area contributed by atoms with Gasteiger partial charge in [-0.2, -0.15) is 0 Å². The van der Waals surface area contributed by atoms with Gasteiger partial charge in [-0.1, -0.05) is 18.2 Å². The molecule has 0 unspecified atom stereocenters. The van der Waals surface area contributed by atoms with Gasteiger partial charge >= 0.3 is 0 Å². The summed E-state index contributed by atoms with van der Waals surface area (Å²) in [6, 6.07) is 13.7. The number of ether oxygens (including phenoxy) is 1. The Bertz CT molecular complexity index is 668. The minimum Gasteiger partial charge on any atom is -0.497 e. The van der Waals surface area contributed by atoms with E-state index in [1.165, 1.54) is 6.07 Å². The summed E-state index contributed by atoms with van der Waals surface area (Å²) in [5.74, 6) is -0.0872. The van der Waals surface area contributed by atoms with Crippen LogP contribution in [-0.2, 0) is 6.54 Å². The van der Waals surface area contributed by atoms with Crippen molar-refractivity contribution in [3.05, 3.63) is 65.2 Å². The van der Waals surface area contributed by atoms with Crippen molar-refractivity contribution in [2.45, 2.75) is 6.54 Å². The minimum absolute atomic E-state index is 0.263. The van der Waals surface area contributed by atoms with Crippen molar-refractivity contribution in [3.63, 3.8) is 0 Å². The van der Waals surface area contributed by atoms with Crippen LogP contribution in [-0.4, -0.2) is 18.9 Å². The molecule has 2 rings (SSSR count). The Labute approximate surface area is 122 Å². The van der Waals surface area contributed by atoms with Crippen molar-refractivity contribution >= 4 is 11.8 Å². The van der Waals surface area contributed by atoms with Gasteiger partial charge in [0.25, 0.3) is 5.91 Å². The van der Waals surface area contributed by atoms with Crippen LogP contribution in [0.1, 0.15) is 26.3 Å². The highest BCUT2D eigenvalue weighted by molar-refractivity contribution is 5.99. The highest BCUT2D eigenvalue weighted by atomic mass is 16.5. The van der Waals surface area contributed by atoms with E-state index in [4.69, 9.17) is 10.5 Å². The molecule has 3 N–H and O–H groups in total. The standard InChI is InChI=1S/C16H16N2O3/c1-21-14-7-2-4-11(8-14)10-18-16(20)13-6-3-5-12(9-13)15(17)19/h2-9H,10H2,1H3,(H2,17,19)(H,18,20). The zero-order valence-corrected chi connectivity index (χ0v) is 11.6. The van der Waals surface area contributed by atoms with Crippen LogP contribution in [0.25, 0.3) is 0 Å². The van der Waals surface area contributed by atoms with Crippen LogP contribution in [0.15, 0.2) is 48.5 Å². The van der Waals surface area contributed by atoms with Crippen LogP contribution in [0.3, 0.4) is 0 Å². The number of rotatable bonds is 5. The molecule has 5 nitrogen and oxygen atoms in total. The van der Waals surface area contributed by atoms with Crippen molar-refractivity contribution < 1.29 is 14.3 Å². The Morgan fingerprint density at radius 1 is 1.10 bits per heavy atom. The van der Waals surface area contributed by atoms with Crippen LogP contribution < -0.4 is 15.8 Å². The molecule has 0 radical (unpaired) electrons. The van der Waals surface area contributed by atoms with E-state index in [9.17, 15) is 9.59 Å². The maximum atomic E-state index is 12.1. The molecule has 0 aliphatic carbocycles. The average molecular weight is 284 g/mol. The zero-order valence-electron chi connectivity index (χ0n) is 11.6. The van der Waals surface area contributed by atoms with Crippen LogP contribution in [0.4, 0.5) is 0 Å². The Balaban J connectivity index is 2.04. The van der Waals surface area contributed by atoms with E-state index >= 15 is 0 Å². The molecule has 0 spiro atoms. The lowest BCUT2D eigenvalue weighted by molar-refractivity contribution is 0.0951. The van der Waals surface area contributed by atoms with Crippen LogP contribution in [0, 0.1) is 0 Å². The second-order valence-electron chi connectivity index (χ2n) is 4.48. The molecule has 0 saturated heterocycles. The number of hydrogen-bond donors (Lipinski definition) is 2. The molecule has 0 heterocycles. The van der Waals surface area contributed by atoms with Gasteiger partial charge in [-0.05, 0) is 35.9 Å². The van der Waals surface area contributed by atoms with E-state index < -0.39 is 5.91 Å². The van der Waals surface area contributed by atoms with E-state index in [0.717, 1.165) is 11.3 Å². The second-order valence-corrected chi connectivity index (χ2v) is 4.48. The van der Waals surface area contributed by atoms with Gasteiger partial charge < -0.3 is 15.8 Å². The number of benzene rings is 2. The number of nitrogens with one attached hydrogen (secondary N) is 1. The molecule has 0 bridgehead atoms. The summed E-state index contributed by atoms with van der Waals surface area (Å²) in [4.78, 5) is 23.2. The van der Waals surface area contributed by atoms with Gasteiger partial charge in [-0.3, -0.25) is 9.59 Å². The first kappa shape index (κ1) is 14.6. The lowest BCUT2D eigenvalue weighted by Gasteiger charge is -2.07. The van der Waals surface area contributed by atoms with Crippen molar-refractivity contribution in [1.82, 2.24) is 5.32 Å². The van der Waals surface area contributed by atoms with Crippen molar-refractivity contribution in [1.29, 1.82) is 0 Å². The maximum Gasteiger partial charge on any atom is 0.251 e. The normalized spacial score (nSPS) is 9.95. The molecule has 0 aromatic heterocycles. The molecule has 21 heavy (non-hydrogen) atoms. The molecule has 0 aliphatic heterocycles. The molecule has 0 atom stereocenters. The number of methoxy groups -OCH3 is 1. The molecule has 2 aromatic rings. The lowest BCUT2D eigenvalue weighted by atomic mass is 10.1. The fraction of sp³-hybridized carbons (Fsp3) is 0.125. The number of primary amides is 1. The average Bonchev–Trinajstić information content (AvgIpc) is 2.53. The van der Waals surface area contributed by atoms with Crippen LogP contribution in [0.2, 0.25) is 0 Å². The fourth-order valence-corrected chi connectivity index (χ4v) is 1.88. The highest BCUT2D eigenvalue weighted by Gasteiger charge is 2.08. The van der Waals surface area contributed by atoms with Gasteiger partial charge in [0.05, 0.1) is 7.11 Å². The number of carbonyl (C=O) groups excluding carboxylic acids is 2. The molecule has 5 heteroatoms. The molecular weight excluding hydrogens is 268 g/mol. The maximum absolute atomic E-state index is 12.1. The Hall–Kier alpha value is -2.82. The highest BCUT2D eigenvalue weighted by Crippen LogP contribution is 2.12. The Kier molecular flexibility index (Phi) is 4.56. The smallest absolute Gasteiger partial charge is 0.251 e. The zero-order chi connectivity index (χ0) is 15.2. The quantitative estimate of drug-likeness (QED) is 0.877. The molecule has 0 aliphatic rings. The second kappa shape index (κ2) is 6.56. The molecule has 0 saturated carbocycles. The van der Waals surface area contributed by atoms with Crippen molar-refractivity contribution in [2.24, 2.45) is 5.73 Å². The molecule has 0 fully saturated rings. The lowest BCUT2D eigenvalue weighted by Crippen LogP contribution is -2.23. The Morgan fingerprint density at radius 2 is 1.81 bits per heavy atom. The molecule has 2 aromatic carbocycles. The summed E-state index contributed by atoms with van der Waals surface area (Å²) < 4.78 is 5.12. The topological polar surface area (TPSA) is 81.4 Å². The van der Waals surface area contributed by atoms with Gasteiger partial charge in [-0.15, -0.1) is 0 Å². The number of amides is 2. The first-order valence-electron chi connectivity index (χ1n) is 6.41. The largest absolute Gasteiger partial charge is 0.497 e. The predicted octanol–water partition coefficient (Wildman–Crippen LogP) is 1.72. The van der Waals surface area contributed by atoms with Crippen LogP contribution in [0.5, 0.6) is 5.75 Å². The first-order chi connectivity index (χ1) is 10.1. The van der Waals surface area contributed by atoms with Gasteiger partial charge in [0.15, 0.2) is 0 Å². The third kappa shape index (κ3) is 3.82. The van der Waals surface area contributed by atoms with Gasteiger partial charge in [0, 0.05) is 17.7 Å². The van der Waals surface area contributed by atoms with Crippen molar-refractivity contribution in [3.8, 4) is 5.75 Å². The minimum atomic E-state index is -0.558. The summed E-state index contributed by atoms with van der Waals surface area (Å²) in [5.41, 5.74) is 6.83. The summed E-state index contributed by atoms with van der Waals surface area (Å²) in [7, 11) is 1.59. The number of hydrogen-bond acceptors (Lipinski definition) is 3. The predicted molar refractivity (Wildman–Crippen MR) is 79.1 cm³/mol. The first-order valence-corrected chi connectivity index (χ1v) is 6.41. The van der Waals surface area contributed by atoms with Crippen molar-refractivity contribution in [2.75, 3.05) is 7.11 Å². The molecular formula is C16H16N2O3. The number of carbonyl (C=O) groups is 2. The van der Waals surface area contributed by atoms with Crippen LogP contribution >= 0.6 is 0 Å². The Morgan fingerprint density at radius 3 is 2.52 bits per heavy atom. The molecule has 2 amide bonds. The summed E-state index contributed by atoms with van der Waals surface area (Å²) in [5, 5.41) is 2.79. The monoisotopic (exact) mass is 284 g/mol. The SMILES string of the molecule is COc1cccc(CNC(=O)c2cccc(C(N)=O)c2)c1. The third-order valence-corrected chi connectivity index (χ3v) is 3.00. The summed E-state index contributed by atoms with van der Waals surface area (Å²) >= 11 is 0. The van der Waals surface area contributed by atoms with Gasteiger partial charge in [-0.25, -0.2) is 0 Å². The number of nitrogens with two attached hydrogens (primary N) is 1. The third-order valence-electron chi connectivity index (χ3n) is 3.00. The molecule has 108 valence electrons. The fourth-order valence-electron chi connectivity index (χ4n) is 1.88. The van der Waals surface area contributed by atoms with E-state index in [0.29, 0.717) is 17.7 Å².